The van der Waals surface area contributed by atoms with Gasteiger partial charge >= 0.3 is 0 Å². The van der Waals surface area contributed by atoms with E-state index >= 15 is 0 Å². The average Bonchev–Trinajstić information content (AvgIpc) is 2.96. The number of aliphatic hydroxyl groups is 1. The Morgan fingerprint density at radius 1 is 1.56 bits per heavy atom. The van der Waals surface area contributed by atoms with Crippen molar-refractivity contribution in [3.05, 3.63) is 10.6 Å². The van der Waals surface area contributed by atoms with E-state index in [9.17, 15) is 5.11 Å². The number of aliphatic hydroxyl groups excluding tert-OH is 1. The van der Waals surface area contributed by atoms with Crippen molar-refractivity contribution in [2.45, 2.75) is 32.4 Å². The lowest BCUT2D eigenvalue weighted by Crippen LogP contribution is -2.31. The molecule has 1 aliphatic heterocycles. The number of hydrogen-bond acceptors (Lipinski definition) is 5. The zero-order valence-electron chi connectivity index (χ0n) is 9.77. The fourth-order valence-electron chi connectivity index (χ4n) is 1.90. The van der Waals surface area contributed by atoms with Crippen molar-refractivity contribution in [2.75, 3.05) is 23.5 Å². The molecular formula is C11H18N2OS2. The maximum absolute atomic E-state index is 9.26. The molecule has 0 radical (unpaired) electrons. The first-order valence-electron chi connectivity index (χ1n) is 5.66. The largest absolute Gasteiger partial charge is 0.391 e. The van der Waals surface area contributed by atoms with E-state index in [1.165, 1.54) is 17.9 Å². The van der Waals surface area contributed by atoms with E-state index < -0.39 is 0 Å². The Kier molecular flexibility index (Phi) is 4.10. The number of nitrogens with zero attached hydrogens (tertiary/aromatic N) is 2. The molecule has 0 amide bonds. The van der Waals surface area contributed by atoms with E-state index in [0.29, 0.717) is 6.04 Å². The van der Waals surface area contributed by atoms with Crippen molar-refractivity contribution < 1.29 is 5.11 Å². The van der Waals surface area contributed by atoms with Gasteiger partial charge in [-0.1, -0.05) is 18.3 Å². The molecule has 16 heavy (non-hydrogen) atoms. The summed E-state index contributed by atoms with van der Waals surface area (Å²) in [6.07, 6.45) is 2.15. The summed E-state index contributed by atoms with van der Waals surface area (Å²) in [6.45, 7) is 2.21. The Labute approximate surface area is 105 Å². The molecule has 0 aromatic carbocycles. The Morgan fingerprint density at radius 3 is 2.88 bits per heavy atom. The number of thioether (sulfide) groups is 1. The molecule has 1 N–H and O–H groups in total. The summed E-state index contributed by atoms with van der Waals surface area (Å²) < 4.78 is 0. The van der Waals surface area contributed by atoms with E-state index in [1.54, 1.807) is 11.3 Å². The second-order valence-electron chi connectivity index (χ2n) is 4.01. The number of thiazole rings is 1. The molecule has 2 rings (SSSR count). The highest BCUT2D eigenvalue weighted by molar-refractivity contribution is 7.99. The number of hydrogen-bond donors (Lipinski definition) is 1. The molecule has 90 valence electrons. The van der Waals surface area contributed by atoms with E-state index in [1.807, 2.05) is 11.8 Å². The zero-order chi connectivity index (χ0) is 11.5. The van der Waals surface area contributed by atoms with Gasteiger partial charge in [-0.15, -0.1) is 0 Å². The lowest BCUT2D eigenvalue weighted by Gasteiger charge is -2.22. The van der Waals surface area contributed by atoms with Crippen LogP contribution in [-0.4, -0.2) is 34.7 Å². The van der Waals surface area contributed by atoms with Crippen molar-refractivity contribution in [1.82, 2.24) is 4.98 Å². The molecule has 1 atom stereocenters. The number of aryl methyl sites for hydroxylation is 1. The van der Waals surface area contributed by atoms with Crippen LogP contribution in [0.15, 0.2) is 0 Å². The van der Waals surface area contributed by atoms with Crippen molar-refractivity contribution in [3.8, 4) is 0 Å². The van der Waals surface area contributed by atoms with E-state index in [0.717, 1.165) is 22.1 Å². The van der Waals surface area contributed by atoms with Gasteiger partial charge in [0.05, 0.1) is 17.2 Å². The maximum atomic E-state index is 9.26. The summed E-state index contributed by atoms with van der Waals surface area (Å²) in [4.78, 5) is 7.92. The van der Waals surface area contributed by atoms with Crippen LogP contribution in [-0.2, 0) is 13.0 Å². The van der Waals surface area contributed by atoms with Gasteiger partial charge in [-0.2, -0.15) is 11.8 Å². The van der Waals surface area contributed by atoms with Gasteiger partial charge in [0.15, 0.2) is 5.13 Å². The minimum Gasteiger partial charge on any atom is -0.391 e. The first kappa shape index (κ1) is 12.2. The SMILES string of the molecule is CCc1nc(N(C)C2CCSC2)sc1CO. The average molecular weight is 258 g/mol. The monoisotopic (exact) mass is 258 g/mol. The van der Waals surface area contributed by atoms with Gasteiger partial charge in [-0.05, 0) is 18.6 Å². The van der Waals surface area contributed by atoms with Crippen LogP contribution in [0.25, 0.3) is 0 Å². The van der Waals surface area contributed by atoms with Crippen LogP contribution in [0, 0.1) is 0 Å². The van der Waals surface area contributed by atoms with Gasteiger partial charge in [0.2, 0.25) is 0 Å². The van der Waals surface area contributed by atoms with E-state index in [4.69, 9.17) is 0 Å². The van der Waals surface area contributed by atoms with Gasteiger partial charge < -0.3 is 10.0 Å². The maximum Gasteiger partial charge on any atom is 0.185 e. The molecule has 5 heteroatoms. The Hall–Kier alpha value is -0.260. The fourth-order valence-corrected chi connectivity index (χ4v) is 4.21. The Bertz CT molecular complexity index is 326. The molecule has 2 heterocycles. The lowest BCUT2D eigenvalue weighted by molar-refractivity contribution is 0.284. The molecule has 1 unspecified atom stereocenters. The van der Waals surface area contributed by atoms with Crippen LogP contribution < -0.4 is 4.90 Å². The molecule has 0 saturated carbocycles. The molecule has 0 aliphatic carbocycles. The van der Waals surface area contributed by atoms with Crippen molar-refractivity contribution in [3.63, 3.8) is 0 Å². The predicted molar refractivity (Wildman–Crippen MR) is 71.5 cm³/mol. The molecule has 1 aliphatic rings. The van der Waals surface area contributed by atoms with E-state index in [2.05, 4.69) is 23.9 Å². The van der Waals surface area contributed by atoms with Crippen molar-refractivity contribution >= 4 is 28.2 Å². The first-order chi connectivity index (χ1) is 7.76. The molecule has 0 bridgehead atoms. The summed E-state index contributed by atoms with van der Waals surface area (Å²) in [5.41, 5.74) is 1.06. The second-order valence-corrected chi connectivity index (χ2v) is 6.22. The third-order valence-electron chi connectivity index (χ3n) is 3.00. The topological polar surface area (TPSA) is 36.4 Å². The second kappa shape index (κ2) is 5.38. The Balaban J connectivity index is 2.15. The number of aromatic nitrogens is 1. The Morgan fingerprint density at radius 2 is 2.38 bits per heavy atom. The van der Waals surface area contributed by atoms with Crippen LogP contribution in [0.3, 0.4) is 0 Å². The minimum absolute atomic E-state index is 0.119. The predicted octanol–water partition coefficient (Wildman–Crippen LogP) is 2.14. The molecule has 3 nitrogen and oxygen atoms in total. The first-order valence-corrected chi connectivity index (χ1v) is 7.63. The fraction of sp³-hybridized carbons (Fsp3) is 0.727. The summed E-state index contributed by atoms with van der Waals surface area (Å²) in [5, 5.41) is 10.3. The normalized spacial score (nSPS) is 20.3. The van der Waals surface area contributed by atoms with Crippen LogP contribution in [0.5, 0.6) is 0 Å². The third kappa shape index (κ3) is 2.36. The quantitative estimate of drug-likeness (QED) is 0.897. The van der Waals surface area contributed by atoms with E-state index in [-0.39, 0.29) is 6.61 Å². The third-order valence-corrected chi connectivity index (χ3v) is 5.32. The standard InChI is InChI=1S/C11H18N2OS2/c1-3-9-10(6-14)16-11(12-9)13(2)8-4-5-15-7-8/h8,14H,3-7H2,1-2H3. The van der Waals surface area contributed by atoms with Gasteiger partial charge in [0.1, 0.15) is 0 Å². The van der Waals surface area contributed by atoms with Crippen LogP contribution in [0.4, 0.5) is 5.13 Å². The summed E-state index contributed by atoms with van der Waals surface area (Å²) >= 11 is 3.65. The highest BCUT2D eigenvalue weighted by Gasteiger charge is 2.23. The molecule has 1 aromatic heterocycles. The highest BCUT2D eigenvalue weighted by Crippen LogP contribution is 2.31. The number of rotatable bonds is 4. The van der Waals surface area contributed by atoms with Gasteiger partial charge in [-0.3, -0.25) is 0 Å². The smallest absolute Gasteiger partial charge is 0.185 e. The van der Waals surface area contributed by atoms with Crippen LogP contribution >= 0.6 is 23.1 Å². The summed E-state index contributed by atoms with van der Waals surface area (Å²) in [5.74, 6) is 2.46. The number of anilines is 1. The summed E-state index contributed by atoms with van der Waals surface area (Å²) in [6, 6.07) is 0.618. The zero-order valence-corrected chi connectivity index (χ0v) is 11.4. The van der Waals surface area contributed by atoms with Gasteiger partial charge in [0.25, 0.3) is 0 Å². The molecular weight excluding hydrogens is 240 g/mol. The minimum atomic E-state index is 0.119. The van der Waals surface area contributed by atoms with Crippen LogP contribution in [0.2, 0.25) is 0 Å². The molecule has 1 fully saturated rings. The summed E-state index contributed by atoms with van der Waals surface area (Å²) in [7, 11) is 2.12. The van der Waals surface area contributed by atoms with Crippen molar-refractivity contribution in [1.29, 1.82) is 0 Å². The molecule has 0 spiro atoms. The van der Waals surface area contributed by atoms with Gasteiger partial charge in [-0.25, -0.2) is 4.98 Å². The molecule has 1 saturated heterocycles. The highest BCUT2D eigenvalue weighted by atomic mass is 32.2. The van der Waals surface area contributed by atoms with Crippen LogP contribution in [0.1, 0.15) is 23.9 Å². The lowest BCUT2D eigenvalue weighted by atomic mass is 10.2. The molecule has 1 aromatic rings. The van der Waals surface area contributed by atoms with Gasteiger partial charge in [0, 0.05) is 18.8 Å². The van der Waals surface area contributed by atoms with Crippen molar-refractivity contribution in [2.24, 2.45) is 0 Å².